The summed E-state index contributed by atoms with van der Waals surface area (Å²) in [5.74, 6) is -0.864. The highest BCUT2D eigenvalue weighted by molar-refractivity contribution is 6.31. The van der Waals surface area contributed by atoms with E-state index in [1.54, 1.807) is 23.0 Å². The number of aromatic nitrogens is 2. The van der Waals surface area contributed by atoms with E-state index >= 15 is 0 Å². The van der Waals surface area contributed by atoms with Crippen LogP contribution in [-0.4, -0.2) is 15.7 Å². The van der Waals surface area contributed by atoms with E-state index in [0.717, 1.165) is 11.3 Å². The van der Waals surface area contributed by atoms with Crippen LogP contribution in [0, 0.1) is 5.82 Å². The topological polar surface area (TPSA) is 60.9 Å². The van der Waals surface area contributed by atoms with Crippen LogP contribution >= 0.6 is 11.6 Å². The van der Waals surface area contributed by atoms with Gasteiger partial charge in [0.15, 0.2) is 0 Å². The van der Waals surface area contributed by atoms with Gasteiger partial charge in [-0.2, -0.15) is 5.10 Å². The second kappa shape index (κ2) is 5.18. The molecule has 1 aromatic carbocycles. The van der Waals surface area contributed by atoms with Crippen LogP contribution in [0.1, 0.15) is 6.42 Å². The van der Waals surface area contributed by atoms with E-state index < -0.39 is 11.7 Å². The molecule has 18 heavy (non-hydrogen) atoms. The first-order valence-corrected chi connectivity index (χ1v) is 5.71. The Kier molecular flexibility index (Phi) is 3.62. The monoisotopic (exact) mass is 267 g/mol. The van der Waals surface area contributed by atoms with Crippen molar-refractivity contribution in [2.75, 3.05) is 0 Å². The normalized spacial score (nSPS) is 10.6. The molecule has 2 aromatic rings. The lowest BCUT2D eigenvalue weighted by molar-refractivity contribution is -0.118. The van der Waals surface area contributed by atoms with Crippen molar-refractivity contribution in [3.05, 3.63) is 41.3 Å². The van der Waals surface area contributed by atoms with Crippen LogP contribution in [0.2, 0.25) is 5.02 Å². The standard InChI is InChI=1S/C12H11ClFN3O/c13-9-7-8(1-2-10(9)14)11-3-5-16-17(11)6-4-12(15)18/h1-3,5,7H,4,6H2,(H2,15,18). The average molecular weight is 268 g/mol. The molecule has 0 saturated carbocycles. The van der Waals surface area contributed by atoms with Crippen molar-refractivity contribution >= 4 is 17.5 Å². The smallest absolute Gasteiger partial charge is 0.219 e. The van der Waals surface area contributed by atoms with E-state index in [9.17, 15) is 9.18 Å². The van der Waals surface area contributed by atoms with Gasteiger partial charge in [-0.1, -0.05) is 11.6 Å². The third-order valence-corrected chi connectivity index (χ3v) is 2.79. The maximum Gasteiger partial charge on any atom is 0.219 e. The van der Waals surface area contributed by atoms with Gasteiger partial charge in [0, 0.05) is 18.2 Å². The van der Waals surface area contributed by atoms with Crippen LogP contribution < -0.4 is 5.73 Å². The zero-order valence-corrected chi connectivity index (χ0v) is 10.2. The Morgan fingerprint density at radius 3 is 2.89 bits per heavy atom. The molecule has 0 saturated heterocycles. The first-order valence-electron chi connectivity index (χ1n) is 5.33. The molecule has 94 valence electrons. The maximum absolute atomic E-state index is 13.1. The van der Waals surface area contributed by atoms with E-state index in [1.165, 1.54) is 12.1 Å². The lowest BCUT2D eigenvalue weighted by Gasteiger charge is -2.07. The Morgan fingerprint density at radius 2 is 2.22 bits per heavy atom. The molecule has 0 bridgehead atoms. The SMILES string of the molecule is NC(=O)CCn1nccc1-c1ccc(F)c(Cl)c1. The van der Waals surface area contributed by atoms with Crippen LogP contribution in [0.4, 0.5) is 4.39 Å². The second-order valence-electron chi connectivity index (χ2n) is 3.78. The van der Waals surface area contributed by atoms with Crippen LogP contribution in [0.25, 0.3) is 11.3 Å². The summed E-state index contributed by atoms with van der Waals surface area (Å²) in [4.78, 5) is 10.8. The summed E-state index contributed by atoms with van der Waals surface area (Å²) in [5.41, 5.74) is 6.59. The van der Waals surface area contributed by atoms with Crippen molar-refractivity contribution in [3.8, 4) is 11.3 Å². The predicted molar refractivity (Wildman–Crippen MR) is 66.4 cm³/mol. The summed E-state index contributed by atoms with van der Waals surface area (Å²) in [6.45, 7) is 0.382. The van der Waals surface area contributed by atoms with E-state index in [1.807, 2.05) is 0 Å². The largest absolute Gasteiger partial charge is 0.370 e. The first-order chi connectivity index (χ1) is 8.58. The van der Waals surface area contributed by atoms with E-state index in [2.05, 4.69) is 5.10 Å². The fourth-order valence-electron chi connectivity index (χ4n) is 1.63. The molecule has 0 aliphatic carbocycles. The molecule has 0 aliphatic heterocycles. The molecule has 2 rings (SSSR count). The maximum atomic E-state index is 13.1. The molecule has 0 spiro atoms. The minimum Gasteiger partial charge on any atom is -0.370 e. The van der Waals surface area contributed by atoms with Gasteiger partial charge in [0.2, 0.25) is 5.91 Å². The highest BCUT2D eigenvalue weighted by Crippen LogP contribution is 2.24. The van der Waals surface area contributed by atoms with Crippen molar-refractivity contribution in [2.45, 2.75) is 13.0 Å². The van der Waals surface area contributed by atoms with Gasteiger partial charge in [-0.3, -0.25) is 9.48 Å². The third-order valence-electron chi connectivity index (χ3n) is 2.50. The zero-order chi connectivity index (χ0) is 13.1. The van der Waals surface area contributed by atoms with Gasteiger partial charge < -0.3 is 5.73 Å². The number of carbonyl (C=O) groups is 1. The summed E-state index contributed by atoms with van der Waals surface area (Å²) >= 11 is 5.73. The Bertz CT molecular complexity index is 582. The Hall–Kier alpha value is -1.88. The number of carbonyl (C=O) groups excluding carboxylic acids is 1. The molecule has 4 nitrogen and oxygen atoms in total. The van der Waals surface area contributed by atoms with Crippen LogP contribution in [0.5, 0.6) is 0 Å². The van der Waals surface area contributed by atoms with Gasteiger partial charge >= 0.3 is 0 Å². The van der Waals surface area contributed by atoms with Gasteiger partial charge in [-0.25, -0.2) is 4.39 Å². The zero-order valence-electron chi connectivity index (χ0n) is 9.44. The summed E-state index contributed by atoms with van der Waals surface area (Å²) in [5, 5.41) is 4.14. The highest BCUT2D eigenvalue weighted by atomic mass is 35.5. The number of hydrogen-bond acceptors (Lipinski definition) is 2. The molecular weight excluding hydrogens is 257 g/mol. The Morgan fingerprint density at radius 1 is 1.44 bits per heavy atom. The van der Waals surface area contributed by atoms with Crippen molar-refractivity contribution in [2.24, 2.45) is 5.73 Å². The van der Waals surface area contributed by atoms with E-state index in [4.69, 9.17) is 17.3 Å². The molecule has 6 heteroatoms. The number of rotatable bonds is 4. The molecule has 0 radical (unpaired) electrons. The molecule has 2 N–H and O–H groups in total. The average Bonchev–Trinajstić information content (AvgIpc) is 2.78. The minimum atomic E-state index is -0.469. The molecule has 0 atom stereocenters. The number of nitrogens with two attached hydrogens (primary N) is 1. The first kappa shape index (κ1) is 12.6. The van der Waals surface area contributed by atoms with Gasteiger partial charge in [-0.05, 0) is 24.3 Å². The number of halogens is 2. The van der Waals surface area contributed by atoms with Crippen molar-refractivity contribution in [3.63, 3.8) is 0 Å². The van der Waals surface area contributed by atoms with Crippen molar-refractivity contribution in [1.82, 2.24) is 9.78 Å². The van der Waals surface area contributed by atoms with Gasteiger partial charge in [0.25, 0.3) is 0 Å². The summed E-state index contributed by atoms with van der Waals surface area (Å²) in [6.07, 6.45) is 1.80. The Labute approximate surface area is 108 Å². The molecule has 0 fully saturated rings. The number of primary amides is 1. The predicted octanol–water partition coefficient (Wildman–Crippen LogP) is 2.22. The van der Waals surface area contributed by atoms with E-state index in [0.29, 0.717) is 6.54 Å². The van der Waals surface area contributed by atoms with Crippen molar-refractivity contribution < 1.29 is 9.18 Å². The minimum absolute atomic E-state index is 0.0511. The number of amides is 1. The fourth-order valence-corrected chi connectivity index (χ4v) is 1.81. The lowest BCUT2D eigenvalue weighted by Crippen LogP contribution is -2.14. The van der Waals surface area contributed by atoms with Crippen LogP contribution in [0.3, 0.4) is 0 Å². The molecule has 0 aliphatic rings. The molecule has 1 heterocycles. The van der Waals surface area contributed by atoms with Gasteiger partial charge in [0.1, 0.15) is 5.82 Å². The summed E-state index contributed by atoms with van der Waals surface area (Å²) in [6, 6.07) is 6.20. The van der Waals surface area contributed by atoms with Crippen LogP contribution in [-0.2, 0) is 11.3 Å². The second-order valence-corrected chi connectivity index (χ2v) is 4.19. The van der Waals surface area contributed by atoms with Crippen LogP contribution in [0.15, 0.2) is 30.5 Å². The lowest BCUT2D eigenvalue weighted by atomic mass is 10.1. The molecule has 1 aromatic heterocycles. The number of aryl methyl sites for hydroxylation is 1. The van der Waals surface area contributed by atoms with E-state index in [-0.39, 0.29) is 11.4 Å². The van der Waals surface area contributed by atoms with Crippen molar-refractivity contribution in [1.29, 1.82) is 0 Å². The quantitative estimate of drug-likeness (QED) is 0.923. The highest BCUT2D eigenvalue weighted by Gasteiger charge is 2.08. The Balaban J connectivity index is 2.30. The summed E-state index contributed by atoms with van der Waals surface area (Å²) < 4.78 is 14.7. The van der Waals surface area contributed by atoms with Gasteiger partial charge in [-0.15, -0.1) is 0 Å². The van der Waals surface area contributed by atoms with Gasteiger partial charge in [0.05, 0.1) is 17.3 Å². The molecular formula is C12H11ClFN3O. The molecule has 1 amide bonds. The fraction of sp³-hybridized carbons (Fsp3) is 0.167. The molecule has 0 unspecified atom stereocenters. The number of nitrogens with zero attached hydrogens (tertiary/aromatic N) is 2. The number of hydrogen-bond donors (Lipinski definition) is 1. The summed E-state index contributed by atoms with van der Waals surface area (Å²) in [7, 11) is 0. The third kappa shape index (κ3) is 2.68. The number of benzene rings is 1.